The summed E-state index contributed by atoms with van der Waals surface area (Å²) in [5.41, 5.74) is 0.863. The normalized spacial score (nSPS) is 13.8. The highest BCUT2D eigenvalue weighted by molar-refractivity contribution is 6.01. The highest BCUT2D eigenvalue weighted by Gasteiger charge is 2.21. The molecule has 32 heavy (non-hydrogen) atoms. The quantitative estimate of drug-likeness (QED) is 0.285. The summed E-state index contributed by atoms with van der Waals surface area (Å²) in [5.74, 6) is -0.0106. The summed E-state index contributed by atoms with van der Waals surface area (Å²) in [6, 6.07) is 13.6. The van der Waals surface area contributed by atoms with Gasteiger partial charge in [-0.15, -0.1) is 0 Å². The van der Waals surface area contributed by atoms with Crippen molar-refractivity contribution in [3.8, 4) is 23.3 Å². The maximum Gasteiger partial charge on any atom is 0.347 e. The minimum atomic E-state index is -0.587. The van der Waals surface area contributed by atoms with Crippen molar-refractivity contribution in [2.24, 2.45) is 0 Å². The second kappa shape index (κ2) is 11.0. The molecule has 0 unspecified atom stereocenters. The molecule has 1 aliphatic rings. The number of amides is 1. The molecule has 0 aromatic heterocycles. The van der Waals surface area contributed by atoms with E-state index in [2.05, 4.69) is 0 Å². The smallest absolute Gasteiger partial charge is 0.347 e. The molecule has 2 aromatic rings. The van der Waals surface area contributed by atoms with Crippen LogP contribution in [0.4, 0.5) is 0 Å². The standard InChI is InChI=1S/C24H24N2O6/c1-3-31-20-7-5-4-6-19(20)24(28)32-21-9-8-17(15-22(21)29-2)14-18(16-25)23(27)26-10-12-30-13-11-26/h4-9,14-15H,3,10-13H2,1-2H3/b18-14+. The van der Waals surface area contributed by atoms with Crippen molar-refractivity contribution in [2.75, 3.05) is 40.0 Å². The summed E-state index contributed by atoms with van der Waals surface area (Å²) in [7, 11) is 1.44. The second-order valence-electron chi connectivity index (χ2n) is 6.80. The molecule has 0 N–H and O–H groups in total. The molecule has 0 radical (unpaired) electrons. The van der Waals surface area contributed by atoms with Crippen LogP contribution in [-0.4, -0.2) is 56.8 Å². The minimum Gasteiger partial charge on any atom is -0.493 e. The lowest BCUT2D eigenvalue weighted by Gasteiger charge is -2.26. The van der Waals surface area contributed by atoms with E-state index in [1.807, 2.05) is 13.0 Å². The molecule has 0 atom stereocenters. The van der Waals surface area contributed by atoms with Gasteiger partial charge in [0.1, 0.15) is 23.0 Å². The molecule has 0 bridgehead atoms. The van der Waals surface area contributed by atoms with Crippen molar-refractivity contribution in [3.05, 3.63) is 59.2 Å². The molecule has 1 aliphatic heterocycles. The molecule has 1 amide bonds. The van der Waals surface area contributed by atoms with Gasteiger partial charge in [-0.25, -0.2) is 4.79 Å². The number of rotatable bonds is 7. The van der Waals surface area contributed by atoms with E-state index in [0.717, 1.165) is 0 Å². The van der Waals surface area contributed by atoms with Gasteiger partial charge in [-0.3, -0.25) is 4.79 Å². The molecular weight excluding hydrogens is 412 g/mol. The summed E-state index contributed by atoms with van der Waals surface area (Å²) in [5, 5.41) is 9.47. The van der Waals surface area contributed by atoms with Crippen LogP contribution >= 0.6 is 0 Å². The van der Waals surface area contributed by atoms with Crippen molar-refractivity contribution in [3.63, 3.8) is 0 Å². The highest BCUT2D eigenvalue weighted by atomic mass is 16.6. The van der Waals surface area contributed by atoms with Gasteiger partial charge in [0.25, 0.3) is 5.91 Å². The van der Waals surface area contributed by atoms with Crippen LogP contribution in [0.5, 0.6) is 17.2 Å². The van der Waals surface area contributed by atoms with Gasteiger partial charge in [-0.05, 0) is 42.8 Å². The SMILES string of the molecule is CCOc1ccccc1C(=O)Oc1ccc(/C=C(\C#N)C(=O)N2CCOCC2)cc1OC. The predicted octanol–water partition coefficient (Wildman–Crippen LogP) is 3.08. The number of benzene rings is 2. The van der Waals surface area contributed by atoms with Gasteiger partial charge in [0.15, 0.2) is 11.5 Å². The number of hydrogen-bond donors (Lipinski definition) is 0. The fourth-order valence-corrected chi connectivity index (χ4v) is 3.18. The van der Waals surface area contributed by atoms with Crippen molar-refractivity contribution in [2.45, 2.75) is 6.92 Å². The lowest BCUT2D eigenvalue weighted by molar-refractivity contribution is -0.130. The fraction of sp³-hybridized carbons (Fsp3) is 0.292. The maximum absolute atomic E-state index is 12.7. The average Bonchev–Trinajstić information content (AvgIpc) is 2.84. The fourth-order valence-electron chi connectivity index (χ4n) is 3.18. The second-order valence-corrected chi connectivity index (χ2v) is 6.80. The maximum atomic E-state index is 12.7. The van der Waals surface area contributed by atoms with Crippen LogP contribution in [0, 0.1) is 11.3 Å². The number of esters is 1. The van der Waals surface area contributed by atoms with Crippen LogP contribution in [0.2, 0.25) is 0 Å². The number of carbonyl (C=O) groups excluding carboxylic acids is 2. The van der Waals surface area contributed by atoms with E-state index in [4.69, 9.17) is 18.9 Å². The number of para-hydroxylation sites is 1. The topological polar surface area (TPSA) is 98.1 Å². The zero-order valence-electron chi connectivity index (χ0n) is 18.0. The lowest BCUT2D eigenvalue weighted by atomic mass is 10.1. The molecule has 1 fully saturated rings. The summed E-state index contributed by atoms with van der Waals surface area (Å²) in [6.07, 6.45) is 1.48. The van der Waals surface area contributed by atoms with Crippen molar-refractivity contribution >= 4 is 18.0 Å². The van der Waals surface area contributed by atoms with E-state index in [-0.39, 0.29) is 23.0 Å². The molecule has 0 saturated carbocycles. The minimum absolute atomic E-state index is 0.00402. The van der Waals surface area contributed by atoms with Gasteiger partial charge in [0.05, 0.1) is 26.9 Å². The molecule has 2 aromatic carbocycles. The first-order valence-electron chi connectivity index (χ1n) is 10.2. The summed E-state index contributed by atoms with van der Waals surface area (Å²) >= 11 is 0. The summed E-state index contributed by atoms with van der Waals surface area (Å²) in [4.78, 5) is 26.9. The van der Waals surface area contributed by atoms with Gasteiger partial charge in [-0.1, -0.05) is 18.2 Å². The number of methoxy groups -OCH3 is 1. The first-order chi connectivity index (χ1) is 15.6. The third kappa shape index (κ3) is 5.45. The lowest BCUT2D eigenvalue weighted by Crippen LogP contribution is -2.41. The van der Waals surface area contributed by atoms with Crippen molar-refractivity contribution < 1.29 is 28.5 Å². The first-order valence-corrected chi connectivity index (χ1v) is 10.2. The van der Waals surface area contributed by atoms with Gasteiger partial charge in [-0.2, -0.15) is 5.26 Å². The number of nitriles is 1. The number of hydrogen-bond acceptors (Lipinski definition) is 7. The number of carbonyl (C=O) groups is 2. The van der Waals surface area contributed by atoms with Crippen LogP contribution in [-0.2, 0) is 9.53 Å². The van der Waals surface area contributed by atoms with Gasteiger partial charge in [0.2, 0.25) is 0 Å². The molecule has 166 valence electrons. The predicted molar refractivity (Wildman–Crippen MR) is 117 cm³/mol. The highest BCUT2D eigenvalue weighted by Crippen LogP contribution is 2.31. The zero-order chi connectivity index (χ0) is 22.9. The Balaban J connectivity index is 1.81. The van der Waals surface area contributed by atoms with Gasteiger partial charge >= 0.3 is 5.97 Å². The van der Waals surface area contributed by atoms with Gasteiger partial charge in [0, 0.05) is 13.1 Å². The molecule has 8 nitrogen and oxygen atoms in total. The third-order valence-corrected chi connectivity index (χ3v) is 4.76. The van der Waals surface area contributed by atoms with Crippen LogP contribution in [0.15, 0.2) is 48.0 Å². The Bertz CT molecular complexity index is 1050. The van der Waals surface area contributed by atoms with Crippen molar-refractivity contribution in [1.82, 2.24) is 4.90 Å². The number of ether oxygens (including phenoxy) is 4. The van der Waals surface area contributed by atoms with E-state index in [0.29, 0.717) is 49.8 Å². The van der Waals surface area contributed by atoms with Crippen LogP contribution in [0.1, 0.15) is 22.8 Å². The van der Waals surface area contributed by atoms with Crippen molar-refractivity contribution in [1.29, 1.82) is 5.26 Å². The molecule has 0 spiro atoms. The van der Waals surface area contributed by atoms with Crippen LogP contribution in [0.25, 0.3) is 6.08 Å². The number of morpholine rings is 1. The summed E-state index contributed by atoms with van der Waals surface area (Å²) in [6.45, 7) is 4.03. The van der Waals surface area contributed by atoms with Crippen LogP contribution in [0.3, 0.4) is 0 Å². The van der Waals surface area contributed by atoms with E-state index in [9.17, 15) is 14.9 Å². The third-order valence-electron chi connectivity index (χ3n) is 4.76. The zero-order valence-corrected chi connectivity index (χ0v) is 18.0. The molecule has 0 aliphatic carbocycles. The molecule has 8 heteroatoms. The first kappa shape index (κ1) is 22.8. The van der Waals surface area contributed by atoms with E-state index in [1.165, 1.54) is 13.2 Å². The van der Waals surface area contributed by atoms with Gasteiger partial charge < -0.3 is 23.8 Å². The van der Waals surface area contributed by atoms with E-state index in [1.54, 1.807) is 47.4 Å². The Labute approximate surface area is 186 Å². The Morgan fingerprint density at radius 2 is 1.88 bits per heavy atom. The van der Waals surface area contributed by atoms with Crippen LogP contribution < -0.4 is 14.2 Å². The molecule has 3 rings (SSSR count). The Kier molecular flexibility index (Phi) is 7.84. The number of nitrogens with zero attached hydrogens (tertiary/aromatic N) is 2. The Morgan fingerprint density at radius 1 is 1.12 bits per heavy atom. The van der Waals surface area contributed by atoms with E-state index < -0.39 is 5.97 Å². The summed E-state index contributed by atoms with van der Waals surface area (Å²) < 4.78 is 21.6. The monoisotopic (exact) mass is 436 g/mol. The molecule has 1 saturated heterocycles. The van der Waals surface area contributed by atoms with E-state index >= 15 is 0 Å². The molecular formula is C24H24N2O6. The Morgan fingerprint density at radius 3 is 2.56 bits per heavy atom. The average molecular weight is 436 g/mol. The largest absolute Gasteiger partial charge is 0.493 e. The molecule has 1 heterocycles. The Hall–Kier alpha value is -3.83.